The van der Waals surface area contributed by atoms with Crippen LogP contribution in [-0.4, -0.2) is 24.8 Å². The lowest BCUT2D eigenvalue weighted by Gasteiger charge is -2.43. The zero-order valence-electron chi connectivity index (χ0n) is 11.2. The van der Waals surface area contributed by atoms with Crippen LogP contribution < -0.4 is 10.6 Å². The van der Waals surface area contributed by atoms with Gasteiger partial charge in [-0.25, -0.2) is 4.39 Å². The molecule has 18 heavy (non-hydrogen) atoms. The maximum atomic E-state index is 13.5. The van der Waals surface area contributed by atoms with Crippen molar-refractivity contribution in [1.29, 1.82) is 0 Å². The Morgan fingerprint density at radius 1 is 1.44 bits per heavy atom. The van der Waals surface area contributed by atoms with E-state index in [2.05, 4.69) is 18.7 Å². The van der Waals surface area contributed by atoms with E-state index in [1.165, 1.54) is 6.07 Å². The highest BCUT2D eigenvalue weighted by Gasteiger charge is 2.31. The molecule has 1 atom stereocenters. The number of rotatable bonds is 2. The topological polar surface area (TPSA) is 38.5 Å². The van der Waals surface area contributed by atoms with Crippen molar-refractivity contribution < 1.29 is 9.13 Å². The van der Waals surface area contributed by atoms with E-state index in [9.17, 15) is 4.39 Å². The summed E-state index contributed by atoms with van der Waals surface area (Å²) in [5.74, 6) is -0.232. The number of ether oxygens (including phenoxy) is 1. The predicted octanol–water partition coefficient (Wildman–Crippen LogP) is 2.29. The standard InChI is InChI=1S/C14H21FN2O/c1-10-8-17(9-14(2,3)18-10)13-5-11(7-16)4-12(15)6-13/h4-6,10H,7-9,16H2,1-3H3. The van der Waals surface area contributed by atoms with Gasteiger partial charge in [-0.1, -0.05) is 0 Å². The Bertz CT molecular complexity index is 434. The van der Waals surface area contributed by atoms with Gasteiger partial charge in [0.25, 0.3) is 0 Å². The summed E-state index contributed by atoms with van der Waals surface area (Å²) in [7, 11) is 0. The summed E-state index contributed by atoms with van der Waals surface area (Å²) in [5.41, 5.74) is 7.08. The second kappa shape index (κ2) is 4.86. The van der Waals surface area contributed by atoms with E-state index in [4.69, 9.17) is 10.5 Å². The first-order chi connectivity index (χ1) is 8.39. The minimum Gasteiger partial charge on any atom is -0.369 e. The molecule has 2 N–H and O–H groups in total. The quantitative estimate of drug-likeness (QED) is 0.877. The summed E-state index contributed by atoms with van der Waals surface area (Å²) in [6.45, 7) is 8.03. The Balaban J connectivity index is 2.27. The van der Waals surface area contributed by atoms with Gasteiger partial charge in [-0.15, -0.1) is 0 Å². The van der Waals surface area contributed by atoms with Crippen molar-refractivity contribution in [1.82, 2.24) is 0 Å². The Hall–Kier alpha value is -1.13. The molecule has 1 unspecified atom stereocenters. The van der Waals surface area contributed by atoms with Crippen molar-refractivity contribution in [3.05, 3.63) is 29.6 Å². The van der Waals surface area contributed by atoms with Crippen LogP contribution in [0.2, 0.25) is 0 Å². The summed E-state index contributed by atoms with van der Waals surface area (Å²) in [4.78, 5) is 2.16. The molecule has 1 saturated heterocycles. The van der Waals surface area contributed by atoms with Crippen molar-refractivity contribution >= 4 is 5.69 Å². The van der Waals surface area contributed by atoms with Crippen molar-refractivity contribution in [3.63, 3.8) is 0 Å². The molecule has 1 aromatic rings. The minimum atomic E-state index is -0.232. The van der Waals surface area contributed by atoms with Crippen molar-refractivity contribution in [3.8, 4) is 0 Å². The number of nitrogens with two attached hydrogens (primary N) is 1. The van der Waals surface area contributed by atoms with Crippen molar-refractivity contribution in [2.24, 2.45) is 5.73 Å². The van der Waals surface area contributed by atoms with Crippen LogP contribution in [0.3, 0.4) is 0 Å². The summed E-state index contributed by atoms with van der Waals surface area (Å²) < 4.78 is 19.4. The molecule has 0 radical (unpaired) electrons. The van der Waals surface area contributed by atoms with E-state index in [1.807, 2.05) is 13.0 Å². The molecule has 4 heteroatoms. The molecule has 0 saturated carbocycles. The van der Waals surface area contributed by atoms with Crippen LogP contribution in [0.25, 0.3) is 0 Å². The lowest BCUT2D eigenvalue weighted by Crippen LogP contribution is -2.52. The summed E-state index contributed by atoms with van der Waals surface area (Å²) in [6.07, 6.45) is 0.137. The first-order valence-electron chi connectivity index (χ1n) is 6.32. The largest absolute Gasteiger partial charge is 0.369 e. The third kappa shape index (κ3) is 3.00. The molecule has 0 aliphatic carbocycles. The number of benzene rings is 1. The second-order valence-electron chi connectivity index (χ2n) is 5.59. The van der Waals surface area contributed by atoms with Gasteiger partial charge in [0.15, 0.2) is 0 Å². The SMILES string of the molecule is CC1CN(c2cc(F)cc(CN)c2)CC(C)(C)O1. The molecule has 0 aromatic heterocycles. The molecule has 3 nitrogen and oxygen atoms in total. The highest BCUT2D eigenvalue weighted by Crippen LogP contribution is 2.27. The summed E-state index contributed by atoms with van der Waals surface area (Å²) in [6, 6.07) is 5.00. The lowest BCUT2D eigenvalue weighted by atomic mass is 10.0. The smallest absolute Gasteiger partial charge is 0.125 e. The van der Waals surface area contributed by atoms with E-state index in [1.54, 1.807) is 6.07 Å². The Labute approximate surface area is 108 Å². The molecule has 0 amide bonds. The third-order valence-corrected chi connectivity index (χ3v) is 3.11. The van der Waals surface area contributed by atoms with Gasteiger partial charge in [0.05, 0.1) is 11.7 Å². The number of morpholine rings is 1. The first-order valence-corrected chi connectivity index (χ1v) is 6.32. The summed E-state index contributed by atoms with van der Waals surface area (Å²) >= 11 is 0. The lowest BCUT2D eigenvalue weighted by molar-refractivity contribution is -0.0749. The third-order valence-electron chi connectivity index (χ3n) is 3.11. The molecule has 0 bridgehead atoms. The zero-order valence-corrected chi connectivity index (χ0v) is 11.2. The van der Waals surface area contributed by atoms with Crippen LogP contribution in [0.15, 0.2) is 18.2 Å². The molecular weight excluding hydrogens is 231 g/mol. The highest BCUT2D eigenvalue weighted by molar-refractivity contribution is 5.50. The van der Waals surface area contributed by atoms with Crippen LogP contribution in [-0.2, 0) is 11.3 Å². The maximum absolute atomic E-state index is 13.5. The Morgan fingerprint density at radius 3 is 2.78 bits per heavy atom. The van der Waals surface area contributed by atoms with Gasteiger partial charge in [-0.2, -0.15) is 0 Å². The van der Waals surface area contributed by atoms with Gasteiger partial charge in [0.2, 0.25) is 0 Å². The average molecular weight is 252 g/mol. The fourth-order valence-electron chi connectivity index (χ4n) is 2.58. The molecule has 1 fully saturated rings. The van der Waals surface area contributed by atoms with Gasteiger partial charge < -0.3 is 15.4 Å². The molecule has 1 aliphatic rings. The number of hydrogen-bond donors (Lipinski definition) is 1. The molecule has 2 rings (SSSR count). The zero-order chi connectivity index (χ0) is 13.3. The van der Waals surface area contributed by atoms with Crippen molar-refractivity contribution in [2.75, 3.05) is 18.0 Å². The van der Waals surface area contributed by atoms with Gasteiger partial charge in [0.1, 0.15) is 5.82 Å². The molecule has 1 aliphatic heterocycles. The monoisotopic (exact) mass is 252 g/mol. The summed E-state index contributed by atoms with van der Waals surface area (Å²) in [5, 5.41) is 0. The number of anilines is 1. The molecule has 1 heterocycles. The van der Waals surface area contributed by atoms with Crippen molar-refractivity contribution in [2.45, 2.75) is 39.0 Å². The van der Waals surface area contributed by atoms with Crippen LogP contribution in [0.5, 0.6) is 0 Å². The molecule has 0 spiro atoms. The first kappa shape index (κ1) is 13.3. The van der Waals surface area contributed by atoms with Gasteiger partial charge in [-0.3, -0.25) is 0 Å². The van der Waals surface area contributed by atoms with Crippen LogP contribution in [0.4, 0.5) is 10.1 Å². The minimum absolute atomic E-state index is 0.137. The molecule has 100 valence electrons. The maximum Gasteiger partial charge on any atom is 0.125 e. The van der Waals surface area contributed by atoms with Crippen LogP contribution in [0.1, 0.15) is 26.3 Å². The Morgan fingerprint density at radius 2 is 2.17 bits per heavy atom. The van der Waals surface area contributed by atoms with Gasteiger partial charge in [-0.05, 0) is 44.5 Å². The molecular formula is C14H21FN2O. The normalized spacial score (nSPS) is 23.2. The van der Waals surface area contributed by atoms with Crippen LogP contribution >= 0.6 is 0 Å². The average Bonchev–Trinajstić information content (AvgIpc) is 2.25. The van der Waals surface area contributed by atoms with Crippen LogP contribution in [0, 0.1) is 5.82 Å². The fraction of sp³-hybridized carbons (Fsp3) is 0.571. The van der Waals surface area contributed by atoms with E-state index in [0.717, 1.165) is 24.3 Å². The van der Waals surface area contributed by atoms with E-state index < -0.39 is 0 Å². The highest BCUT2D eigenvalue weighted by atomic mass is 19.1. The van der Waals surface area contributed by atoms with Gasteiger partial charge in [0, 0.05) is 25.3 Å². The Kier molecular flexibility index (Phi) is 3.59. The number of hydrogen-bond acceptors (Lipinski definition) is 3. The van der Waals surface area contributed by atoms with Gasteiger partial charge >= 0.3 is 0 Å². The molecule has 1 aromatic carbocycles. The predicted molar refractivity (Wildman–Crippen MR) is 71.1 cm³/mol. The number of nitrogens with zero attached hydrogens (tertiary/aromatic N) is 1. The second-order valence-corrected chi connectivity index (χ2v) is 5.59. The fourth-order valence-corrected chi connectivity index (χ4v) is 2.58. The van der Waals surface area contributed by atoms with E-state index in [-0.39, 0.29) is 17.5 Å². The van der Waals surface area contributed by atoms with E-state index in [0.29, 0.717) is 6.54 Å². The number of halogens is 1. The van der Waals surface area contributed by atoms with E-state index >= 15 is 0 Å².